The molecule has 6 heteroatoms. The molecule has 3 aromatic carbocycles. The van der Waals surface area contributed by atoms with E-state index >= 15 is 0 Å². The maximum atomic E-state index is 12.9. The average Bonchev–Trinajstić information content (AvgIpc) is 2.81. The van der Waals surface area contributed by atoms with Gasteiger partial charge in [0.25, 0.3) is 15.9 Å². The molecule has 5 nitrogen and oxygen atoms in total. The number of likely N-dealkylation sites (tertiary alicyclic amines) is 1. The van der Waals surface area contributed by atoms with Crippen LogP contribution in [0.3, 0.4) is 0 Å². The lowest BCUT2D eigenvalue weighted by atomic mass is 9.89. The molecule has 1 aliphatic heterocycles. The molecule has 1 heterocycles. The van der Waals surface area contributed by atoms with Crippen molar-refractivity contribution in [2.24, 2.45) is 0 Å². The lowest BCUT2D eigenvalue weighted by Gasteiger charge is -2.32. The molecule has 0 bridgehead atoms. The van der Waals surface area contributed by atoms with Crippen LogP contribution in [0.4, 0.5) is 5.69 Å². The molecule has 0 atom stereocenters. The van der Waals surface area contributed by atoms with Gasteiger partial charge in [-0.2, -0.15) is 0 Å². The van der Waals surface area contributed by atoms with Crippen LogP contribution < -0.4 is 4.72 Å². The fourth-order valence-electron chi connectivity index (χ4n) is 3.94. The Morgan fingerprint density at radius 1 is 0.871 bits per heavy atom. The Balaban J connectivity index is 1.39. The number of piperidine rings is 1. The highest BCUT2D eigenvalue weighted by Gasteiger charge is 2.25. The smallest absolute Gasteiger partial charge is 0.261 e. The van der Waals surface area contributed by atoms with Crippen molar-refractivity contribution in [3.8, 4) is 0 Å². The highest BCUT2D eigenvalue weighted by molar-refractivity contribution is 7.92. The molecule has 0 aromatic heterocycles. The number of anilines is 1. The molecular formula is C25H26N2O3S. The number of benzene rings is 3. The highest BCUT2D eigenvalue weighted by atomic mass is 32.2. The van der Waals surface area contributed by atoms with Crippen LogP contribution in [0, 0.1) is 6.92 Å². The number of aryl methyl sites for hydroxylation is 1. The fourth-order valence-corrected chi connectivity index (χ4v) is 4.99. The largest absolute Gasteiger partial charge is 0.339 e. The van der Waals surface area contributed by atoms with Crippen LogP contribution in [-0.4, -0.2) is 32.3 Å². The Hall–Kier alpha value is -3.12. The zero-order valence-electron chi connectivity index (χ0n) is 17.5. The van der Waals surface area contributed by atoms with Gasteiger partial charge in [-0.3, -0.25) is 9.52 Å². The number of hydrogen-bond acceptors (Lipinski definition) is 3. The second kappa shape index (κ2) is 8.94. The van der Waals surface area contributed by atoms with Gasteiger partial charge in [0.05, 0.1) is 4.90 Å². The van der Waals surface area contributed by atoms with Crippen molar-refractivity contribution >= 4 is 21.6 Å². The number of nitrogens with zero attached hydrogens (tertiary/aromatic N) is 1. The topological polar surface area (TPSA) is 66.5 Å². The third kappa shape index (κ3) is 4.97. The Bertz CT molecular complexity index is 1130. The van der Waals surface area contributed by atoms with Gasteiger partial charge >= 0.3 is 0 Å². The van der Waals surface area contributed by atoms with E-state index in [0.29, 0.717) is 30.3 Å². The van der Waals surface area contributed by atoms with Crippen molar-refractivity contribution in [2.45, 2.75) is 30.6 Å². The molecule has 31 heavy (non-hydrogen) atoms. The third-order valence-electron chi connectivity index (χ3n) is 5.77. The predicted octanol–water partition coefficient (Wildman–Crippen LogP) is 4.82. The maximum absolute atomic E-state index is 12.9. The van der Waals surface area contributed by atoms with Crippen LogP contribution in [0.1, 0.15) is 40.2 Å². The quantitative estimate of drug-likeness (QED) is 0.626. The first-order chi connectivity index (χ1) is 14.9. The van der Waals surface area contributed by atoms with Crippen molar-refractivity contribution < 1.29 is 13.2 Å². The summed E-state index contributed by atoms with van der Waals surface area (Å²) in [6.07, 6.45) is 1.87. The van der Waals surface area contributed by atoms with Gasteiger partial charge in [-0.1, -0.05) is 48.0 Å². The van der Waals surface area contributed by atoms with Crippen LogP contribution in [0.2, 0.25) is 0 Å². The van der Waals surface area contributed by atoms with Gasteiger partial charge in [-0.05, 0) is 67.6 Å². The van der Waals surface area contributed by atoms with Crippen LogP contribution in [-0.2, 0) is 10.0 Å². The number of rotatable bonds is 5. The monoisotopic (exact) mass is 434 g/mol. The molecule has 0 aliphatic carbocycles. The second-order valence-electron chi connectivity index (χ2n) is 7.97. The fraction of sp³-hybridized carbons (Fsp3) is 0.240. The van der Waals surface area contributed by atoms with E-state index in [0.717, 1.165) is 18.4 Å². The van der Waals surface area contributed by atoms with Gasteiger partial charge < -0.3 is 4.90 Å². The number of hydrogen-bond donors (Lipinski definition) is 1. The zero-order valence-corrected chi connectivity index (χ0v) is 18.3. The Kier molecular flexibility index (Phi) is 6.09. The van der Waals surface area contributed by atoms with E-state index in [1.165, 1.54) is 17.7 Å². The summed E-state index contributed by atoms with van der Waals surface area (Å²) in [5.74, 6) is 0.424. The molecular weight excluding hydrogens is 408 g/mol. The Morgan fingerprint density at radius 3 is 2.10 bits per heavy atom. The molecule has 4 rings (SSSR count). The van der Waals surface area contributed by atoms with Gasteiger partial charge in [0.2, 0.25) is 0 Å². The zero-order chi connectivity index (χ0) is 21.8. The molecule has 0 saturated carbocycles. The summed E-state index contributed by atoms with van der Waals surface area (Å²) in [6, 6.07) is 23.7. The summed E-state index contributed by atoms with van der Waals surface area (Å²) in [5, 5.41) is 0. The number of nitrogens with one attached hydrogen (secondary N) is 1. The van der Waals surface area contributed by atoms with E-state index in [1.54, 1.807) is 24.3 Å². The third-order valence-corrected chi connectivity index (χ3v) is 7.17. The van der Waals surface area contributed by atoms with E-state index in [4.69, 9.17) is 0 Å². The lowest BCUT2D eigenvalue weighted by Crippen LogP contribution is -2.37. The molecule has 3 aromatic rings. The van der Waals surface area contributed by atoms with Gasteiger partial charge in [0, 0.05) is 24.3 Å². The minimum atomic E-state index is -3.71. The lowest BCUT2D eigenvalue weighted by molar-refractivity contribution is 0.0713. The molecule has 1 fully saturated rings. The molecule has 160 valence electrons. The summed E-state index contributed by atoms with van der Waals surface area (Å²) in [5.41, 5.74) is 3.39. The van der Waals surface area contributed by atoms with Gasteiger partial charge in [-0.25, -0.2) is 8.42 Å². The Labute approximate surface area is 183 Å². The first-order valence-electron chi connectivity index (χ1n) is 10.5. The minimum absolute atomic E-state index is 0.0537. The summed E-state index contributed by atoms with van der Waals surface area (Å²) in [4.78, 5) is 14.9. The predicted molar refractivity (Wildman–Crippen MR) is 123 cm³/mol. The average molecular weight is 435 g/mol. The van der Waals surface area contributed by atoms with Crippen LogP contribution >= 0.6 is 0 Å². The van der Waals surface area contributed by atoms with Crippen molar-refractivity contribution in [1.82, 2.24) is 4.90 Å². The highest BCUT2D eigenvalue weighted by Crippen LogP contribution is 2.28. The first-order valence-corrected chi connectivity index (χ1v) is 11.9. The van der Waals surface area contributed by atoms with Gasteiger partial charge in [0.1, 0.15) is 0 Å². The molecule has 1 amide bonds. The normalized spacial score (nSPS) is 14.9. The van der Waals surface area contributed by atoms with E-state index < -0.39 is 10.0 Å². The van der Waals surface area contributed by atoms with Gasteiger partial charge in [-0.15, -0.1) is 0 Å². The summed E-state index contributed by atoms with van der Waals surface area (Å²) < 4.78 is 27.8. The number of amides is 1. The SMILES string of the molecule is Cc1ccc(NS(=O)(=O)c2ccc(C(=O)N3CCC(c4ccccc4)CC3)cc2)cc1. The van der Waals surface area contributed by atoms with Crippen LogP contribution in [0.15, 0.2) is 83.8 Å². The summed E-state index contributed by atoms with van der Waals surface area (Å²) >= 11 is 0. The molecule has 1 aliphatic rings. The molecule has 1 saturated heterocycles. The first kappa shape index (κ1) is 21.1. The maximum Gasteiger partial charge on any atom is 0.261 e. The van der Waals surface area contributed by atoms with E-state index in [1.807, 2.05) is 30.0 Å². The molecule has 0 unspecified atom stereocenters. The van der Waals surface area contributed by atoms with Crippen molar-refractivity contribution in [2.75, 3.05) is 17.8 Å². The van der Waals surface area contributed by atoms with Gasteiger partial charge in [0.15, 0.2) is 0 Å². The second-order valence-corrected chi connectivity index (χ2v) is 9.66. The van der Waals surface area contributed by atoms with Crippen molar-refractivity contribution in [3.05, 3.63) is 95.6 Å². The van der Waals surface area contributed by atoms with E-state index in [2.05, 4.69) is 29.0 Å². The number of carbonyl (C=O) groups excluding carboxylic acids is 1. The number of sulfonamides is 1. The number of carbonyl (C=O) groups is 1. The van der Waals surface area contributed by atoms with Crippen molar-refractivity contribution in [1.29, 1.82) is 0 Å². The molecule has 0 spiro atoms. The van der Waals surface area contributed by atoms with E-state index in [-0.39, 0.29) is 10.8 Å². The minimum Gasteiger partial charge on any atom is -0.339 e. The standard InChI is InChI=1S/C25H26N2O3S/c1-19-7-11-23(12-8-19)26-31(29,30)24-13-9-22(10-14-24)25(28)27-17-15-21(16-18-27)20-5-3-2-4-6-20/h2-14,21,26H,15-18H2,1H3. The summed E-state index contributed by atoms with van der Waals surface area (Å²) in [6.45, 7) is 3.35. The van der Waals surface area contributed by atoms with Crippen LogP contribution in [0.5, 0.6) is 0 Å². The molecule has 0 radical (unpaired) electrons. The van der Waals surface area contributed by atoms with Crippen LogP contribution in [0.25, 0.3) is 0 Å². The Morgan fingerprint density at radius 2 is 1.48 bits per heavy atom. The molecule has 1 N–H and O–H groups in total. The van der Waals surface area contributed by atoms with E-state index in [9.17, 15) is 13.2 Å². The van der Waals surface area contributed by atoms with Crippen molar-refractivity contribution in [3.63, 3.8) is 0 Å². The summed E-state index contributed by atoms with van der Waals surface area (Å²) in [7, 11) is -3.71.